The van der Waals surface area contributed by atoms with Gasteiger partial charge in [0.25, 0.3) is 0 Å². The third kappa shape index (κ3) is 7.19. The van der Waals surface area contributed by atoms with E-state index >= 15 is 0 Å². The third-order valence-electron chi connectivity index (χ3n) is 1.29. The van der Waals surface area contributed by atoms with Crippen molar-refractivity contribution in [2.24, 2.45) is 5.41 Å². The Hall–Kier alpha value is -1.14. The Morgan fingerprint density at radius 1 is 1.00 bits per heavy atom. The van der Waals surface area contributed by atoms with Crippen LogP contribution >= 0.6 is 0 Å². The number of nitrogens with one attached hydrogen (secondary N) is 2. The molecule has 0 atom stereocenters. The molecule has 6 heteroatoms. The van der Waals surface area contributed by atoms with E-state index in [1.54, 1.807) is 20.8 Å². The van der Waals surface area contributed by atoms with Gasteiger partial charge in [-0.3, -0.25) is 4.79 Å². The summed E-state index contributed by atoms with van der Waals surface area (Å²) in [5, 5.41) is 0. The summed E-state index contributed by atoms with van der Waals surface area (Å²) in [7, 11) is 0. The van der Waals surface area contributed by atoms with Crippen LogP contribution in [0.15, 0.2) is 0 Å². The first-order valence-corrected chi connectivity index (χ1v) is 4.97. The van der Waals surface area contributed by atoms with Crippen LogP contribution in [0, 0.1) is 5.41 Å². The van der Waals surface area contributed by atoms with Crippen molar-refractivity contribution < 1.29 is 19.3 Å². The molecule has 0 saturated carbocycles. The largest absolute Gasteiger partial charge is 0.440 e. The Morgan fingerprint density at radius 2 is 1.50 bits per heavy atom. The molecule has 0 saturated heterocycles. The zero-order chi connectivity index (χ0) is 13.0. The van der Waals surface area contributed by atoms with E-state index in [-0.39, 0.29) is 5.54 Å². The molecule has 16 heavy (non-hydrogen) atoms. The van der Waals surface area contributed by atoms with Crippen molar-refractivity contribution in [3.8, 4) is 0 Å². The maximum absolute atomic E-state index is 11.3. The molecular weight excluding hydrogens is 212 g/mol. The van der Waals surface area contributed by atoms with E-state index in [0.717, 1.165) is 0 Å². The number of ether oxygens (including phenoxy) is 1. The van der Waals surface area contributed by atoms with Gasteiger partial charge in [-0.05, 0) is 41.5 Å². The number of carbonyl (C=O) groups is 2. The van der Waals surface area contributed by atoms with Crippen molar-refractivity contribution in [3.63, 3.8) is 0 Å². The Labute approximate surface area is 95.6 Å². The van der Waals surface area contributed by atoms with Gasteiger partial charge in [0.15, 0.2) is 0 Å². The molecule has 0 rings (SSSR count). The van der Waals surface area contributed by atoms with E-state index in [1.165, 1.54) is 0 Å². The first kappa shape index (κ1) is 14.9. The van der Waals surface area contributed by atoms with E-state index in [0.29, 0.717) is 0 Å². The van der Waals surface area contributed by atoms with Crippen molar-refractivity contribution in [2.75, 3.05) is 0 Å². The molecule has 0 spiro atoms. The van der Waals surface area contributed by atoms with E-state index < -0.39 is 17.5 Å². The first-order valence-electron chi connectivity index (χ1n) is 4.97. The lowest BCUT2D eigenvalue weighted by Crippen LogP contribution is -2.43. The second kappa shape index (κ2) is 5.27. The molecule has 0 aliphatic heterocycles. The van der Waals surface area contributed by atoms with Crippen molar-refractivity contribution in [1.82, 2.24) is 11.0 Å². The average molecular weight is 232 g/mol. The van der Waals surface area contributed by atoms with E-state index in [1.807, 2.05) is 26.3 Å². The first-order chi connectivity index (χ1) is 7.02. The number of esters is 1. The Bertz CT molecular complexity index is 263. The van der Waals surface area contributed by atoms with E-state index in [2.05, 4.69) is 15.2 Å². The van der Waals surface area contributed by atoms with Crippen LogP contribution in [0.1, 0.15) is 41.5 Å². The highest BCUT2D eigenvalue weighted by Crippen LogP contribution is 2.14. The lowest BCUT2D eigenvalue weighted by molar-refractivity contribution is -0.148. The minimum absolute atomic E-state index is 0.318. The predicted molar refractivity (Wildman–Crippen MR) is 58.1 cm³/mol. The highest BCUT2D eigenvalue weighted by atomic mass is 16.8. The van der Waals surface area contributed by atoms with Crippen LogP contribution in [0.3, 0.4) is 0 Å². The van der Waals surface area contributed by atoms with Crippen LogP contribution in [0.5, 0.6) is 0 Å². The van der Waals surface area contributed by atoms with Crippen LogP contribution in [0.2, 0.25) is 0 Å². The number of amides is 1. The quantitative estimate of drug-likeness (QED) is 0.429. The Balaban J connectivity index is 3.89. The predicted octanol–water partition coefficient (Wildman–Crippen LogP) is 1.52. The van der Waals surface area contributed by atoms with E-state index in [9.17, 15) is 9.59 Å². The van der Waals surface area contributed by atoms with Gasteiger partial charge in [0.1, 0.15) is 0 Å². The summed E-state index contributed by atoms with van der Waals surface area (Å²) in [5.41, 5.74) is 3.45. The number of rotatable bonds is 2. The minimum Gasteiger partial charge on any atom is -0.374 e. The van der Waals surface area contributed by atoms with Crippen LogP contribution in [-0.2, 0) is 14.5 Å². The zero-order valence-electron chi connectivity index (χ0n) is 10.6. The summed E-state index contributed by atoms with van der Waals surface area (Å²) in [6.45, 7) is 10.5. The maximum atomic E-state index is 11.3. The molecule has 6 nitrogen and oxygen atoms in total. The molecule has 0 aliphatic rings. The molecule has 0 aromatic carbocycles. The van der Waals surface area contributed by atoms with Gasteiger partial charge in [0.05, 0.1) is 5.41 Å². The van der Waals surface area contributed by atoms with Gasteiger partial charge < -0.3 is 4.74 Å². The molecule has 0 aromatic rings. The fraction of sp³-hybridized carbons (Fsp3) is 0.800. The van der Waals surface area contributed by atoms with Gasteiger partial charge in [-0.25, -0.2) is 4.79 Å². The maximum Gasteiger partial charge on any atom is 0.440 e. The van der Waals surface area contributed by atoms with Gasteiger partial charge >= 0.3 is 12.1 Å². The lowest BCUT2D eigenvalue weighted by Gasteiger charge is -2.19. The summed E-state index contributed by atoms with van der Waals surface area (Å²) >= 11 is 0. The van der Waals surface area contributed by atoms with Gasteiger partial charge in [0.2, 0.25) is 0 Å². The SMILES string of the molecule is CC(C)(C)NONC(=O)OC(=O)C(C)(C)C. The van der Waals surface area contributed by atoms with Crippen LogP contribution < -0.4 is 11.0 Å². The molecule has 0 bridgehead atoms. The van der Waals surface area contributed by atoms with Gasteiger partial charge in [-0.2, -0.15) is 15.9 Å². The van der Waals surface area contributed by atoms with Gasteiger partial charge in [-0.1, -0.05) is 0 Å². The Kier molecular flexibility index (Phi) is 4.89. The summed E-state index contributed by atoms with van der Waals surface area (Å²) in [4.78, 5) is 27.0. The van der Waals surface area contributed by atoms with E-state index in [4.69, 9.17) is 0 Å². The molecule has 0 aliphatic carbocycles. The van der Waals surface area contributed by atoms with Crippen LogP contribution in [-0.4, -0.2) is 17.6 Å². The van der Waals surface area contributed by atoms with Crippen molar-refractivity contribution in [2.45, 2.75) is 47.1 Å². The molecule has 94 valence electrons. The lowest BCUT2D eigenvalue weighted by atomic mass is 9.98. The summed E-state index contributed by atoms with van der Waals surface area (Å²) < 4.78 is 4.48. The average Bonchev–Trinajstić information content (AvgIpc) is 1.99. The molecular formula is C10H20N2O4. The standard InChI is InChI=1S/C10H20N2O4/c1-9(2,3)7(13)15-8(14)11-16-12-10(4,5)6/h12H,1-6H3,(H,11,14). The van der Waals surface area contributed by atoms with Crippen molar-refractivity contribution >= 4 is 12.1 Å². The molecule has 0 unspecified atom stereocenters. The molecule has 0 fully saturated rings. The molecule has 0 radical (unpaired) electrons. The second-order valence-electron chi connectivity index (χ2n) is 5.48. The molecule has 2 N–H and O–H groups in total. The van der Waals surface area contributed by atoms with Crippen molar-refractivity contribution in [1.29, 1.82) is 0 Å². The Morgan fingerprint density at radius 3 is 1.88 bits per heavy atom. The molecule has 0 heterocycles. The highest BCUT2D eigenvalue weighted by molar-refractivity contribution is 5.86. The van der Waals surface area contributed by atoms with Crippen LogP contribution in [0.4, 0.5) is 4.79 Å². The van der Waals surface area contributed by atoms with Gasteiger partial charge in [0, 0.05) is 5.54 Å². The smallest absolute Gasteiger partial charge is 0.374 e. The third-order valence-corrected chi connectivity index (χ3v) is 1.29. The number of carbonyl (C=O) groups excluding carboxylic acids is 2. The topological polar surface area (TPSA) is 76.7 Å². The van der Waals surface area contributed by atoms with Crippen LogP contribution in [0.25, 0.3) is 0 Å². The monoisotopic (exact) mass is 232 g/mol. The summed E-state index contributed by atoms with van der Waals surface area (Å²) in [6.07, 6.45) is -0.948. The number of hydroxylamine groups is 2. The zero-order valence-corrected chi connectivity index (χ0v) is 10.6. The molecule has 0 aromatic heterocycles. The molecule has 1 amide bonds. The van der Waals surface area contributed by atoms with Crippen molar-refractivity contribution in [3.05, 3.63) is 0 Å². The highest BCUT2D eigenvalue weighted by Gasteiger charge is 2.26. The number of hydrogen-bond acceptors (Lipinski definition) is 5. The minimum atomic E-state index is -0.948. The fourth-order valence-corrected chi connectivity index (χ4v) is 0.478. The summed E-state index contributed by atoms with van der Waals surface area (Å²) in [6, 6.07) is 0. The number of hydrogen-bond donors (Lipinski definition) is 2. The second-order valence-corrected chi connectivity index (χ2v) is 5.48. The van der Waals surface area contributed by atoms with Gasteiger partial charge in [-0.15, -0.1) is 0 Å². The fourth-order valence-electron chi connectivity index (χ4n) is 0.478. The normalized spacial score (nSPS) is 12.1. The summed E-state index contributed by atoms with van der Waals surface area (Å²) in [5.74, 6) is -0.621.